The third-order valence-electron chi connectivity index (χ3n) is 2.66. The number of benzene rings is 1. The van der Waals surface area contributed by atoms with E-state index in [4.69, 9.17) is 5.26 Å². The maximum absolute atomic E-state index is 11.9. The normalized spacial score (nSPS) is 9.20. The standard InChI is InChI=1S/C15H13N3O.ClH/c1-12-5-7-18(8-6-12)11-15(19)17-14-4-2-3-13(9-14)10-16;/h2-9H,11H2,1H3;1H. The molecule has 102 valence electrons. The molecule has 1 N–H and O–H groups in total. The average molecular weight is 288 g/mol. The molecule has 0 bridgehead atoms. The Labute approximate surface area is 124 Å². The second-order valence-electron chi connectivity index (χ2n) is 4.29. The van der Waals surface area contributed by atoms with Gasteiger partial charge in [0.15, 0.2) is 12.4 Å². The topological polar surface area (TPSA) is 56.8 Å². The predicted molar refractivity (Wildman–Crippen MR) is 71.2 cm³/mol. The molecule has 0 saturated heterocycles. The summed E-state index contributed by atoms with van der Waals surface area (Å²) in [6, 6.07) is 12.8. The summed E-state index contributed by atoms with van der Waals surface area (Å²) in [5.41, 5.74) is 2.32. The minimum Gasteiger partial charge on any atom is -1.00 e. The molecule has 0 aliphatic rings. The van der Waals surface area contributed by atoms with Crippen LogP contribution < -0.4 is 22.3 Å². The number of hydrogen-bond acceptors (Lipinski definition) is 2. The highest BCUT2D eigenvalue weighted by Gasteiger charge is 2.09. The number of carbonyl (C=O) groups excluding carboxylic acids is 1. The van der Waals surface area contributed by atoms with Crippen molar-refractivity contribution in [2.24, 2.45) is 0 Å². The van der Waals surface area contributed by atoms with Gasteiger partial charge < -0.3 is 17.7 Å². The molecule has 1 aromatic heterocycles. The second-order valence-corrected chi connectivity index (χ2v) is 4.29. The third-order valence-corrected chi connectivity index (χ3v) is 2.66. The lowest BCUT2D eigenvalue weighted by Gasteiger charge is -2.03. The van der Waals surface area contributed by atoms with Gasteiger partial charge >= 0.3 is 0 Å². The largest absolute Gasteiger partial charge is 1.00 e. The smallest absolute Gasteiger partial charge is 0.290 e. The highest BCUT2D eigenvalue weighted by molar-refractivity contribution is 5.89. The first kappa shape index (κ1) is 15.7. The van der Waals surface area contributed by atoms with Crippen molar-refractivity contribution in [1.82, 2.24) is 0 Å². The summed E-state index contributed by atoms with van der Waals surface area (Å²) in [6.07, 6.45) is 3.72. The Hall–Kier alpha value is -2.38. The molecular weight excluding hydrogens is 274 g/mol. The summed E-state index contributed by atoms with van der Waals surface area (Å²) in [7, 11) is 0. The van der Waals surface area contributed by atoms with Gasteiger partial charge in [-0.3, -0.25) is 4.79 Å². The zero-order valence-corrected chi connectivity index (χ0v) is 11.8. The summed E-state index contributed by atoms with van der Waals surface area (Å²) in [5.74, 6) is -0.121. The van der Waals surface area contributed by atoms with Crippen LogP contribution in [0.5, 0.6) is 0 Å². The van der Waals surface area contributed by atoms with E-state index in [9.17, 15) is 4.79 Å². The van der Waals surface area contributed by atoms with Crippen LogP contribution in [0.3, 0.4) is 0 Å². The first-order chi connectivity index (χ1) is 9.17. The predicted octanol–water partition coefficient (Wildman–Crippen LogP) is -1.20. The van der Waals surface area contributed by atoms with E-state index in [-0.39, 0.29) is 24.9 Å². The Bertz CT molecular complexity index is 632. The molecule has 0 atom stereocenters. The summed E-state index contributed by atoms with van der Waals surface area (Å²) in [5, 5.41) is 11.6. The molecule has 0 radical (unpaired) electrons. The van der Waals surface area contributed by atoms with Crippen molar-refractivity contribution in [2.75, 3.05) is 5.32 Å². The second kappa shape index (κ2) is 7.27. The number of amides is 1. The first-order valence-corrected chi connectivity index (χ1v) is 5.93. The lowest BCUT2D eigenvalue weighted by molar-refractivity contribution is -0.684. The van der Waals surface area contributed by atoms with E-state index in [2.05, 4.69) is 5.32 Å². The van der Waals surface area contributed by atoms with Crippen molar-refractivity contribution in [3.63, 3.8) is 0 Å². The van der Waals surface area contributed by atoms with Gasteiger partial charge in [-0.25, -0.2) is 0 Å². The maximum atomic E-state index is 11.9. The van der Waals surface area contributed by atoms with Crippen molar-refractivity contribution < 1.29 is 21.8 Å². The number of nitriles is 1. The zero-order valence-electron chi connectivity index (χ0n) is 11.0. The average Bonchev–Trinajstić information content (AvgIpc) is 2.41. The van der Waals surface area contributed by atoms with Gasteiger partial charge in [0.2, 0.25) is 6.54 Å². The van der Waals surface area contributed by atoms with Gasteiger partial charge in [-0.15, -0.1) is 0 Å². The van der Waals surface area contributed by atoms with E-state index in [0.717, 1.165) is 5.56 Å². The molecular formula is C15H14ClN3O. The Morgan fingerprint density at radius 2 is 2.00 bits per heavy atom. The minimum absolute atomic E-state index is 0. The van der Waals surface area contributed by atoms with Gasteiger partial charge in [-0.05, 0) is 30.7 Å². The number of pyridine rings is 1. The van der Waals surface area contributed by atoms with Crippen LogP contribution in [0.25, 0.3) is 0 Å². The molecule has 0 unspecified atom stereocenters. The third kappa shape index (κ3) is 4.38. The van der Waals surface area contributed by atoms with E-state index >= 15 is 0 Å². The van der Waals surface area contributed by atoms with E-state index in [0.29, 0.717) is 11.3 Å². The number of nitrogens with zero attached hydrogens (tertiary/aromatic N) is 2. The molecule has 1 aromatic carbocycles. The van der Waals surface area contributed by atoms with Gasteiger partial charge in [0, 0.05) is 17.8 Å². The van der Waals surface area contributed by atoms with Crippen molar-refractivity contribution in [3.05, 3.63) is 59.9 Å². The molecule has 1 amide bonds. The number of carbonyl (C=O) groups is 1. The zero-order chi connectivity index (χ0) is 13.7. The fourth-order valence-electron chi connectivity index (χ4n) is 1.67. The van der Waals surface area contributed by atoms with Crippen LogP contribution in [0.2, 0.25) is 0 Å². The number of hydrogen-bond donors (Lipinski definition) is 1. The van der Waals surface area contributed by atoms with Crippen LogP contribution in [0.1, 0.15) is 11.1 Å². The van der Waals surface area contributed by atoms with E-state index < -0.39 is 0 Å². The van der Waals surface area contributed by atoms with Crippen LogP contribution >= 0.6 is 0 Å². The SMILES string of the molecule is Cc1cc[n+](CC(=O)Nc2cccc(C#N)c2)cc1.[Cl-]. The van der Waals surface area contributed by atoms with E-state index in [1.807, 2.05) is 37.5 Å². The fourth-order valence-corrected chi connectivity index (χ4v) is 1.67. The summed E-state index contributed by atoms with van der Waals surface area (Å²) in [4.78, 5) is 11.9. The van der Waals surface area contributed by atoms with Crippen LogP contribution in [-0.2, 0) is 11.3 Å². The number of halogens is 1. The lowest BCUT2D eigenvalue weighted by Crippen LogP contribution is -3.00. The molecule has 5 heteroatoms. The van der Waals surface area contributed by atoms with Crippen molar-refractivity contribution >= 4 is 11.6 Å². The van der Waals surface area contributed by atoms with Gasteiger partial charge in [0.1, 0.15) is 0 Å². The highest BCUT2D eigenvalue weighted by Crippen LogP contribution is 2.09. The summed E-state index contributed by atoms with van der Waals surface area (Å²) >= 11 is 0. The molecule has 4 nitrogen and oxygen atoms in total. The molecule has 1 heterocycles. The molecule has 0 fully saturated rings. The van der Waals surface area contributed by atoms with Crippen molar-refractivity contribution in [3.8, 4) is 6.07 Å². The summed E-state index contributed by atoms with van der Waals surface area (Å²) in [6.45, 7) is 2.24. The van der Waals surface area contributed by atoms with Gasteiger partial charge in [0.05, 0.1) is 11.6 Å². The number of anilines is 1. The molecule has 2 aromatic rings. The van der Waals surface area contributed by atoms with Gasteiger partial charge in [0.25, 0.3) is 5.91 Å². The number of rotatable bonds is 3. The van der Waals surface area contributed by atoms with E-state index in [1.165, 1.54) is 0 Å². The van der Waals surface area contributed by atoms with Crippen molar-refractivity contribution in [2.45, 2.75) is 13.5 Å². The number of nitrogens with one attached hydrogen (secondary N) is 1. The molecule has 0 aliphatic carbocycles. The molecule has 0 aliphatic heterocycles. The number of aromatic nitrogens is 1. The Morgan fingerprint density at radius 1 is 1.30 bits per heavy atom. The molecule has 0 spiro atoms. The Balaban J connectivity index is 0.00000200. The number of aryl methyl sites for hydroxylation is 1. The van der Waals surface area contributed by atoms with Crippen LogP contribution in [0, 0.1) is 18.3 Å². The van der Waals surface area contributed by atoms with Crippen LogP contribution in [0.4, 0.5) is 5.69 Å². The van der Waals surface area contributed by atoms with Gasteiger partial charge in [-0.2, -0.15) is 9.83 Å². The fraction of sp³-hybridized carbons (Fsp3) is 0.133. The highest BCUT2D eigenvalue weighted by atomic mass is 35.5. The van der Waals surface area contributed by atoms with Crippen molar-refractivity contribution in [1.29, 1.82) is 5.26 Å². The maximum Gasteiger partial charge on any atom is 0.290 e. The molecule has 20 heavy (non-hydrogen) atoms. The molecule has 0 saturated carbocycles. The Morgan fingerprint density at radius 3 is 2.65 bits per heavy atom. The Kier molecular flexibility index (Phi) is 5.70. The van der Waals surface area contributed by atoms with Gasteiger partial charge in [-0.1, -0.05) is 6.07 Å². The summed E-state index contributed by atoms with van der Waals surface area (Å²) < 4.78 is 1.80. The quantitative estimate of drug-likeness (QED) is 0.721. The van der Waals surface area contributed by atoms with Crippen LogP contribution in [0.15, 0.2) is 48.8 Å². The first-order valence-electron chi connectivity index (χ1n) is 5.93. The monoisotopic (exact) mass is 287 g/mol. The minimum atomic E-state index is -0.121. The van der Waals surface area contributed by atoms with Crippen LogP contribution in [-0.4, -0.2) is 5.91 Å². The molecule has 2 rings (SSSR count). The van der Waals surface area contributed by atoms with E-state index in [1.54, 1.807) is 28.8 Å². The lowest BCUT2D eigenvalue weighted by atomic mass is 10.2.